The van der Waals surface area contributed by atoms with E-state index in [1.54, 1.807) is 0 Å². The van der Waals surface area contributed by atoms with Crippen molar-refractivity contribution in [1.29, 1.82) is 0 Å². The summed E-state index contributed by atoms with van der Waals surface area (Å²) in [5, 5.41) is 15.1. The predicted molar refractivity (Wildman–Crippen MR) is 107 cm³/mol. The highest BCUT2D eigenvalue weighted by atomic mass is 16.7. The van der Waals surface area contributed by atoms with Gasteiger partial charge < -0.3 is 20.1 Å². The van der Waals surface area contributed by atoms with E-state index in [-0.39, 0.29) is 6.79 Å². The van der Waals surface area contributed by atoms with Gasteiger partial charge in [0.05, 0.1) is 6.54 Å². The number of aliphatic imine (C=N–C) groups is 1. The summed E-state index contributed by atoms with van der Waals surface area (Å²) in [6, 6.07) is 11.8. The number of aromatic nitrogens is 3. The summed E-state index contributed by atoms with van der Waals surface area (Å²) in [5.74, 6) is 3.34. The molecular formula is C20H24N6O2. The highest BCUT2D eigenvalue weighted by molar-refractivity contribution is 5.79. The van der Waals surface area contributed by atoms with E-state index in [9.17, 15) is 0 Å². The second-order valence-corrected chi connectivity index (χ2v) is 6.46. The zero-order valence-corrected chi connectivity index (χ0v) is 15.9. The van der Waals surface area contributed by atoms with Crippen molar-refractivity contribution in [1.82, 2.24) is 25.2 Å². The molecule has 146 valence electrons. The fourth-order valence-electron chi connectivity index (χ4n) is 3.07. The Morgan fingerprint density at radius 2 is 2.07 bits per heavy atom. The first kappa shape index (κ1) is 18.1. The summed E-state index contributed by atoms with van der Waals surface area (Å²) < 4.78 is 12.8. The Kier molecular flexibility index (Phi) is 5.56. The molecule has 0 atom stereocenters. The topological polar surface area (TPSA) is 85.1 Å². The number of nitrogens with one attached hydrogen (secondary N) is 2. The van der Waals surface area contributed by atoms with E-state index in [1.807, 2.05) is 47.0 Å². The molecule has 28 heavy (non-hydrogen) atoms. The molecule has 4 rings (SSSR count). The molecule has 2 N–H and O–H groups in total. The van der Waals surface area contributed by atoms with Crippen LogP contribution in [0.15, 0.2) is 47.6 Å². The van der Waals surface area contributed by atoms with Crippen LogP contribution in [0.3, 0.4) is 0 Å². The molecule has 0 amide bonds. The lowest BCUT2D eigenvalue weighted by Crippen LogP contribution is -2.37. The molecule has 0 unspecified atom stereocenters. The summed E-state index contributed by atoms with van der Waals surface area (Å²) in [6.45, 7) is 4.52. The van der Waals surface area contributed by atoms with Crippen molar-refractivity contribution in [2.24, 2.45) is 4.99 Å². The molecule has 0 fully saturated rings. The van der Waals surface area contributed by atoms with E-state index >= 15 is 0 Å². The summed E-state index contributed by atoms with van der Waals surface area (Å²) in [6.07, 6.45) is 3.78. The van der Waals surface area contributed by atoms with Crippen LogP contribution in [0.4, 0.5) is 0 Å². The average Bonchev–Trinajstić information content (AvgIpc) is 3.35. The maximum absolute atomic E-state index is 5.42. The highest BCUT2D eigenvalue weighted by Crippen LogP contribution is 2.32. The molecular weight excluding hydrogens is 356 g/mol. The van der Waals surface area contributed by atoms with E-state index < -0.39 is 0 Å². The Bertz CT molecular complexity index is 968. The summed E-state index contributed by atoms with van der Waals surface area (Å²) in [4.78, 5) is 4.66. The van der Waals surface area contributed by atoms with Crippen molar-refractivity contribution >= 4 is 11.6 Å². The smallest absolute Gasteiger partial charge is 0.231 e. The van der Waals surface area contributed by atoms with Gasteiger partial charge in [0.1, 0.15) is 5.82 Å². The minimum Gasteiger partial charge on any atom is -0.454 e. The molecule has 8 heteroatoms. The molecule has 3 aromatic rings. The summed E-state index contributed by atoms with van der Waals surface area (Å²) >= 11 is 0. The fourth-order valence-corrected chi connectivity index (χ4v) is 3.07. The molecule has 0 bridgehead atoms. The molecule has 0 spiro atoms. The standard InChI is InChI=1S/C20H24N6O2/c1-2-21-20(23-13-15-8-9-16-17(12-15)28-14-27-16)22-10-5-7-19-25-24-18-6-3-4-11-26(18)19/h3-4,6,8-9,11-12H,2,5,7,10,13-14H2,1H3,(H2,21,22,23). The second-order valence-electron chi connectivity index (χ2n) is 6.46. The van der Waals surface area contributed by atoms with Crippen LogP contribution in [0.1, 0.15) is 24.7 Å². The van der Waals surface area contributed by atoms with Crippen molar-refractivity contribution in [2.45, 2.75) is 26.3 Å². The number of guanidine groups is 1. The van der Waals surface area contributed by atoms with Gasteiger partial charge in [-0.15, -0.1) is 10.2 Å². The van der Waals surface area contributed by atoms with Crippen molar-refractivity contribution in [3.63, 3.8) is 0 Å². The first-order valence-corrected chi connectivity index (χ1v) is 9.53. The van der Waals surface area contributed by atoms with Crippen molar-refractivity contribution < 1.29 is 9.47 Å². The Morgan fingerprint density at radius 3 is 3.00 bits per heavy atom. The normalized spacial score (nSPS) is 13.1. The van der Waals surface area contributed by atoms with Gasteiger partial charge in [0.25, 0.3) is 0 Å². The number of aryl methyl sites for hydroxylation is 1. The third-order valence-corrected chi connectivity index (χ3v) is 4.45. The molecule has 1 aliphatic rings. The molecule has 0 aliphatic carbocycles. The molecule has 0 saturated heterocycles. The summed E-state index contributed by atoms with van der Waals surface area (Å²) in [7, 11) is 0. The van der Waals surface area contributed by atoms with Crippen LogP contribution in [0.25, 0.3) is 5.65 Å². The van der Waals surface area contributed by atoms with Gasteiger partial charge in [-0.05, 0) is 43.2 Å². The van der Waals surface area contributed by atoms with Gasteiger partial charge in [0.15, 0.2) is 23.1 Å². The van der Waals surface area contributed by atoms with Crippen LogP contribution in [-0.4, -0.2) is 40.4 Å². The monoisotopic (exact) mass is 380 g/mol. The van der Waals surface area contributed by atoms with Gasteiger partial charge in [0, 0.05) is 25.7 Å². The third kappa shape index (κ3) is 4.16. The fraction of sp³-hybridized carbons (Fsp3) is 0.350. The van der Waals surface area contributed by atoms with E-state index in [0.29, 0.717) is 6.54 Å². The molecule has 2 aromatic heterocycles. The van der Waals surface area contributed by atoms with Crippen LogP contribution in [0.2, 0.25) is 0 Å². The number of rotatable bonds is 7. The zero-order valence-electron chi connectivity index (χ0n) is 15.9. The maximum atomic E-state index is 5.42. The van der Waals surface area contributed by atoms with Gasteiger partial charge in [0.2, 0.25) is 6.79 Å². The van der Waals surface area contributed by atoms with Crippen molar-refractivity contribution in [3.05, 3.63) is 54.0 Å². The third-order valence-electron chi connectivity index (χ3n) is 4.45. The summed E-state index contributed by atoms with van der Waals surface area (Å²) in [5.41, 5.74) is 1.96. The first-order valence-electron chi connectivity index (χ1n) is 9.53. The van der Waals surface area contributed by atoms with Crippen LogP contribution in [0, 0.1) is 0 Å². The second kappa shape index (κ2) is 8.60. The Labute approximate surface area is 163 Å². The number of pyridine rings is 1. The lowest BCUT2D eigenvalue weighted by molar-refractivity contribution is 0.174. The number of fused-ring (bicyclic) bond motifs is 2. The Balaban J connectivity index is 1.30. The molecule has 3 heterocycles. The van der Waals surface area contributed by atoms with Gasteiger partial charge in [-0.1, -0.05) is 12.1 Å². The largest absolute Gasteiger partial charge is 0.454 e. The van der Waals surface area contributed by atoms with E-state index in [1.165, 1.54) is 0 Å². The molecule has 0 radical (unpaired) electrons. The maximum Gasteiger partial charge on any atom is 0.231 e. The van der Waals surface area contributed by atoms with Crippen LogP contribution in [-0.2, 0) is 13.0 Å². The van der Waals surface area contributed by atoms with Gasteiger partial charge in [-0.3, -0.25) is 4.40 Å². The average molecular weight is 380 g/mol. The number of hydrogen-bond donors (Lipinski definition) is 2. The first-order chi connectivity index (χ1) is 13.8. The Hall–Kier alpha value is -3.29. The zero-order chi connectivity index (χ0) is 19.2. The van der Waals surface area contributed by atoms with Gasteiger partial charge in [-0.2, -0.15) is 0 Å². The van der Waals surface area contributed by atoms with Gasteiger partial charge in [-0.25, -0.2) is 4.99 Å². The van der Waals surface area contributed by atoms with E-state index in [4.69, 9.17) is 9.47 Å². The number of hydrogen-bond acceptors (Lipinski definition) is 5. The highest BCUT2D eigenvalue weighted by Gasteiger charge is 2.13. The van der Waals surface area contributed by atoms with Gasteiger partial charge >= 0.3 is 0 Å². The van der Waals surface area contributed by atoms with E-state index in [0.717, 1.165) is 60.4 Å². The van der Waals surface area contributed by atoms with Crippen LogP contribution < -0.4 is 20.1 Å². The molecule has 1 aliphatic heterocycles. The lowest BCUT2D eigenvalue weighted by Gasteiger charge is -2.11. The van der Waals surface area contributed by atoms with Crippen molar-refractivity contribution in [3.8, 4) is 11.5 Å². The van der Waals surface area contributed by atoms with Crippen LogP contribution in [0.5, 0.6) is 11.5 Å². The predicted octanol–water partition coefficient (Wildman–Crippen LogP) is 2.15. The minimum atomic E-state index is 0.285. The Morgan fingerprint density at radius 1 is 1.14 bits per heavy atom. The minimum absolute atomic E-state index is 0.285. The molecule has 1 aromatic carbocycles. The number of nitrogens with zero attached hydrogens (tertiary/aromatic N) is 4. The SMILES string of the molecule is CCNC(=NCc1ccc2c(c1)OCO2)NCCCc1nnc2ccccn12. The lowest BCUT2D eigenvalue weighted by atomic mass is 10.2. The molecule has 0 saturated carbocycles. The number of benzene rings is 1. The molecule has 8 nitrogen and oxygen atoms in total. The quantitative estimate of drug-likeness (QED) is 0.371. The van der Waals surface area contributed by atoms with Crippen molar-refractivity contribution in [2.75, 3.05) is 19.9 Å². The number of ether oxygens (including phenoxy) is 2. The van der Waals surface area contributed by atoms with E-state index in [2.05, 4.69) is 32.7 Å². The van der Waals surface area contributed by atoms with Crippen LogP contribution >= 0.6 is 0 Å².